The Morgan fingerprint density at radius 1 is 1.33 bits per heavy atom. The summed E-state index contributed by atoms with van der Waals surface area (Å²) < 4.78 is 13.6. The topological polar surface area (TPSA) is 32.3 Å². The molecule has 1 saturated carbocycles. The van der Waals surface area contributed by atoms with E-state index in [0.717, 1.165) is 12.8 Å². The maximum absolute atomic E-state index is 13.6. The van der Waals surface area contributed by atoms with Gasteiger partial charge in [-0.15, -0.1) is 0 Å². The molecule has 1 amide bonds. The molecular formula is C16H22ClFN2O. The first kappa shape index (κ1) is 16.2. The van der Waals surface area contributed by atoms with Gasteiger partial charge in [0.2, 0.25) is 5.91 Å². The van der Waals surface area contributed by atoms with Crippen LogP contribution in [0, 0.1) is 5.82 Å². The number of carbonyl (C=O) groups is 1. The molecular weight excluding hydrogens is 291 g/mol. The molecule has 5 heteroatoms. The number of nitrogens with one attached hydrogen (secondary N) is 1. The van der Waals surface area contributed by atoms with Crippen LogP contribution in [0.1, 0.15) is 38.5 Å². The van der Waals surface area contributed by atoms with Crippen LogP contribution >= 0.6 is 11.6 Å². The van der Waals surface area contributed by atoms with Gasteiger partial charge in [-0.05, 0) is 38.1 Å². The predicted molar refractivity (Wildman–Crippen MR) is 84.2 cm³/mol. The highest BCUT2D eigenvalue weighted by Gasteiger charge is 2.19. The fourth-order valence-corrected chi connectivity index (χ4v) is 2.99. The van der Waals surface area contributed by atoms with E-state index in [1.807, 2.05) is 7.05 Å². The van der Waals surface area contributed by atoms with Crippen molar-refractivity contribution in [3.8, 4) is 0 Å². The fraction of sp³-hybridized carbons (Fsp3) is 0.562. The van der Waals surface area contributed by atoms with Gasteiger partial charge in [0.25, 0.3) is 0 Å². The van der Waals surface area contributed by atoms with Crippen molar-refractivity contribution in [2.24, 2.45) is 0 Å². The van der Waals surface area contributed by atoms with Crippen LogP contribution in [0.5, 0.6) is 0 Å². The minimum atomic E-state index is -0.507. The van der Waals surface area contributed by atoms with Gasteiger partial charge in [-0.3, -0.25) is 9.69 Å². The van der Waals surface area contributed by atoms with Crippen LogP contribution in [-0.4, -0.2) is 30.4 Å². The van der Waals surface area contributed by atoms with Gasteiger partial charge in [-0.1, -0.05) is 37.3 Å². The largest absolute Gasteiger partial charge is 0.322 e. The van der Waals surface area contributed by atoms with Crippen LogP contribution in [0.3, 0.4) is 0 Å². The molecule has 0 radical (unpaired) electrons. The van der Waals surface area contributed by atoms with Crippen molar-refractivity contribution < 1.29 is 9.18 Å². The SMILES string of the molecule is CN(CC(=O)Nc1ccc(Cl)cc1F)C1CCCCCC1. The lowest BCUT2D eigenvalue weighted by Crippen LogP contribution is -2.37. The highest BCUT2D eigenvalue weighted by atomic mass is 35.5. The van der Waals surface area contributed by atoms with Gasteiger partial charge in [0, 0.05) is 11.1 Å². The molecule has 3 nitrogen and oxygen atoms in total. The number of anilines is 1. The summed E-state index contributed by atoms with van der Waals surface area (Å²) in [6.45, 7) is 0.284. The van der Waals surface area contributed by atoms with Crippen LogP contribution in [-0.2, 0) is 4.79 Å². The highest BCUT2D eigenvalue weighted by Crippen LogP contribution is 2.21. The predicted octanol–water partition coefficient (Wildman–Crippen LogP) is 4.07. The average molecular weight is 313 g/mol. The maximum atomic E-state index is 13.6. The molecule has 0 spiro atoms. The summed E-state index contributed by atoms with van der Waals surface area (Å²) in [5, 5.41) is 2.93. The van der Waals surface area contributed by atoms with E-state index >= 15 is 0 Å². The summed E-state index contributed by atoms with van der Waals surface area (Å²) in [7, 11) is 1.97. The molecule has 21 heavy (non-hydrogen) atoms. The zero-order chi connectivity index (χ0) is 15.2. The van der Waals surface area contributed by atoms with Crippen LogP contribution < -0.4 is 5.32 Å². The highest BCUT2D eigenvalue weighted by molar-refractivity contribution is 6.30. The first-order valence-corrected chi connectivity index (χ1v) is 7.89. The molecule has 2 rings (SSSR count). The number of carbonyl (C=O) groups excluding carboxylic acids is 1. The van der Waals surface area contributed by atoms with E-state index in [4.69, 9.17) is 11.6 Å². The summed E-state index contributed by atoms with van der Waals surface area (Å²) >= 11 is 5.69. The number of rotatable bonds is 4. The zero-order valence-electron chi connectivity index (χ0n) is 12.4. The minimum absolute atomic E-state index is 0.179. The molecule has 0 heterocycles. The lowest BCUT2D eigenvalue weighted by Gasteiger charge is -2.26. The lowest BCUT2D eigenvalue weighted by molar-refractivity contribution is -0.117. The van der Waals surface area contributed by atoms with E-state index in [9.17, 15) is 9.18 Å². The normalized spacial score (nSPS) is 16.8. The van der Waals surface area contributed by atoms with Crippen LogP contribution in [0.25, 0.3) is 0 Å². The van der Waals surface area contributed by atoms with E-state index in [1.165, 1.54) is 37.8 Å². The molecule has 116 valence electrons. The zero-order valence-corrected chi connectivity index (χ0v) is 13.1. The van der Waals surface area contributed by atoms with E-state index in [2.05, 4.69) is 10.2 Å². The molecule has 1 fully saturated rings. The van der Waals surface area contributed by atoms with Gasteiger partial charge in [0.05, 0.1) is 12.2 Å². The Kier molecular flexibility index (Phi) is 6.00. The number of likely N-dealkylation sites (N-methyl/N-ethyl adjacent to an activating group) is 1. The van der Waals surface area contributed by atoms with Crippen molar-refractivity contribution in [1.82, 2.24) is 4.90 Å². The summed E-state index contributed by atoms with van der Waals surface area (Å²) in [6, 6.07) is 4.70. The Morgan fingerprint density at radius 3 is 2.62 bits per heavy atom. The number of hydrogen-bond acceptors (Lipinski definition) is 2. The van der Waals surface area contributed by atoms with Crippen molar-refractivity contribution in [3.05, 3.63) is 29.0 Å². The van der Waals surface area contributed by atoms with Crippen molar-refractivity contribution in [2.45, 2.75) is 44.6 Å². The second-order valence-electron chi connectivity index (χ2n) is 5.73. The maximum Gasteiger partial charge on any atom is 0.238 e. The summed E-state index contributed by atoms with van der Waals surface area (Å²) in [6.07, 6.45) is 7.29. The summed E-state index contributed by atoms with van der Waals surface area (Å²) in [5.41, 5.74) is 0.179. The van der Waals surface area contributed by atoms with Crippen LogP contribution in [0.15, 0.2) is 18.2 Å². The molecule has 0 unspecified atom stereocenters. The Morgan fingerprint density at radius 2 is 2.00 bits per heavy atom. The van der Waals surface area contributed by atoms with Gasteiger partial charge in [0.1, 0.15) is 5.82 Å². The fourth-order valence-electron chi connectivity index (χ4n) is 2.83. The molecule has 1 N–H and O–H groups in total. The monoisotopic (exact) mass is 312 g/mol. The smallest absolute Gasteiger partial charge is 0.238 e. The Balaban J connectivity index is 1.88. The lowest BCUT2D eigenvalue weighted by atomic mass is 10.1. The third kappa shape index (κ3) is 4.97. The van der Waals surface area contributed by atoms with Gasteiger partial charge in [-0.2, -0.15) is 0 Å². The number of halogens is 2. The molecule has 0 aliphatic heterocycles. The van der Waals surface area contributed by atoms with E-state index in [-0.39, 0.29) is 18.1 Å². The molecule has 1 aromatic carbocycles. The van der Waals surface area contributed by atoms with Crippen molar-refractivity contribution >= 4 is 23.2 Å². The van der Waals surface area contributed by atoms with E-state index < -0.39 is 5.82 Å². The van der Waals surface area contributed by atoms with Gasteiger partial charge in [0.15, 0.2) is 0 Å². The molecule has 1 aliphatic carbocycles. The molecule has 0 saturated heterocycles. The standard InChI is InChI=1S/C16H22ClFN2O/c1-20(13-6-4-2-3-5-7-13)11-16(21)19-15-9-8-12(17)10-14(15)18/h8-10,13H,2-7,11H2,1H3,(H,19,21). The molecule has 1 aliphatic rings. The summed E-state index contributed by atoms with van der Waals surface area (Å²) in [5.74, 6) is -0.698. The van der Waals surface area contributed by atoms with Gasteiger partial charge in [-0.25, -0.2) is 4.39 Å². The van der Waals surface area contributed by atoms with E-state index in [1.54, 1.807) is 6.07 Å². The number of amides is 1. The molecule has 0 aromatic heterocycles. The average Bonchev–Trinajstić information content (AvgIpc) is 2.71. The first-order chi connectivity index (χ1) is 10.1. The van der Waals surface area contributed by atoms with Crippen molar-refractivity contribution in [1.29, 1.82) is 0 Å². The Bertz CT molecular complexity index is 487. The molecule has 0 bridgehead atoms. The van der Waals surface area contributed by atoms with Crippen LogP contribution in [0.2, 0.25) is 5.02 Å². The number of hydrogen-bond donors (Lipinski definition) is 1. The van der Waals surface area contributed by atoms with E-state index in [0.29, 0.717) is 11.1 Å². The Hall–Kier alpha value is -1.13. The van der Waals surface area contributed by atoms with Gasteiger partial charge >= 0.3 is 0 Å². The molecule has 0 atom stereocenters. The van der Waals surface area contributed by atoms with Crippen molar-refractivity contribution in [3.63, 3.8) is 0 Å². The molecule has 1 aromatic rings. The second kappa shape index (κ2) is 7.76. The Labute approximate surface area is 130 Å². The van der Waals surface area contributed by atoms with Crippen LogP contribution in [0.4, 0.5) is 10.1 Å². The minimum Gasteiger partial charge on any atom is -0.322 e. The summed E-state index contributed by atoms with van der Waals surface area (Å²) in [4.78, 5) is 14.1. The van der Waals surface area contributed by atoms with Gasteiger partial charge < -0.3 is 5.32 Å². The number of nitrogens with zero attached hydrogens (tertiary/aromatic N) is 1. The number of benzene rings is 1. The second-order valence-corrected chi connectivity index (χ2v) is 6.17. The van der Waals surface area contributed by atoms with Crippen molar-refractivity contribution in [2.75, 3.05) is 18.9 Å². The third-order valence-electron chi connectivity index (χ3n) is 4.05. The first-order valence-electron chi connectivity index (χ1n) is 7.51. The quantitative estimate of drug-likeness (QED) is 0.850. The third-order valence-corrected chi connectivity index (χ3v) is 4.28.